The molecule has 0 fully saturated rings. The molecule has 0 atom stereocenters. The fourth-order valence-corrected chi connectivity index (χ4v) is 0.876. The lowest BCUT2D eigenvalue weighted by atomic mass is 10.2. The molecule has 0 aliphatic carbocycles. The van der Waals surface area contributed by atoms with Crippen molar-refractivity contribution in [2.45, 2.75) is 6.43 Å². The number of nitriles is 1. The van der Waals surface area contributed by atoms with Crippen molar-refractivity contribution in [2.24, 2.45) is 0 Å². The van der Waals surface area contributed by atoms with Crippen LogP contribution in [0.25, 0.3) is 0 Å². The number of hydrogen-bond acceptors (Lipinski definition) is 4. The summed E-state index contributed by atoms with van der Waals surface area (Å²) in [6, 6.07) is 2.65. The zero-order valence-electron chi connectivity index (χ0n) is 7.16. The summed E-state index contributed by atoms with van der Waals surface area (Å²) in [5.74, 6) is -0.932. The minimum absolute atomic E-state index is 0.130. The van der Waals surface area contributed by atoms with Gasteiger partial charge in [-0.25, -0.2) is 13.8 Å². The molecule has 1 rings (SSSR count). The zero-order valence-corrected chi connectivity index (χ0v) is 7.16. The van der Waals surface area contributed by atoms with Crippen LogP contribution in [0.15, 0.2) is 6.07 Å². The van der Waals surface area contributed by atoms with Crippen molar-refractivity contribution in [3.8, 4) is 17.7 Å². The molecule has 0 spiro atoms. The van der Waals surface area contributed by atoms with Crippen molar-refractivity contribution in [3.05, 3.63) is 17.3 Å². The highest BCUT2D eigenvalue weighted by Gasteiger charge is 2.19. The zero-order chi connectivity index (χ0) is 10.7. The van der Waals surface area contributed by atoms with Gasteiger partial charge in [-0.05, 0) is 0 Å². The number of aromatic nitrogens is 1. The Morgan fingerprint density at radius 3 is 2.71 bits per heavy atom. The fraction of sp³-hybridized carbons (Fsp3) is 0.250. The average Bonchev–Trinajstić information content (AvgIpc) is 2.17. The maximum atomic E-state index is 12.3. The van der Waals surface area contributed by atoms with Gasteiger partial charge in [0.05, 0.1) is 7.11 Å². The molecule has 0 aliphatic rings. The van der Waals surface area contributed by atoms with E-state index >= 15 is 0 Å². The number of methoxy groups -OCH3 is 1. The predicted octanol–water partition coefficient (Wildman–Crippen LogP) is 1.61. The van der Waals surface area contributed by atoms with Crippen molar-refractivity contribution in [1.82, 2.24) is 4.98 Å². The van der Waals surface area contributed by atoms with E-state index in [1.165, 1.54) is 7.11 Å². The molecular weight excluding hydrogens is 194 g/mol. The summed E-state index contributed by atoms with van der Waals surface area (Å²) in [5.41, 5.74) is -1.13. The van der Waals surface area contributed by atoms with Crippen LogP contribution in [0.3, 0.4) is 0 Å². The van der Waals surface area contributed by atoms with Gasteiger partial charge in [0.15, 0.2) is 11.4 Å². The summed E-state index contributed by atoms with van der Waals surface area (Å²) in [5, 5.41) is 17.7. The van der Waals surface area contributed by atoms with Crippen molar-refractivity contribution >= 4 is 0 Å². The second-order valence-electron chi connectivity index (χ2n) is 2.36. The maximum Gasteiger partial charge on any atom is 0.284 e. The van der Waals surface area contributed by atoms with E-state index in [0.29, 0.717) is 0 Å². The van der Waals surface area contributed by atoms with Crippen LogP contribution in [-0.2, 0) is 0 Å². The summed E-state index contributed by atoms with van der Waals surface area (Å²) >= 11 is 0. The molecule has 0 saturated carbocycles. The maximum absolute atomic E-state index is 12.3. The Morgan fingerprint density at radius 1 is 1.64 bits per heavy atom. The Morgan fingerprint density at radius 2 is 2.29 bits per heavy atom. The molecule has 4 nitrogen and oxygen atoms in total. The van der Waals surface area contributed by atoms with Gasteiger partial charge in [-0.3, -0.25) is 0 Å². The van der Waals surface area contributed by atoms with Crippen LogP contribution >= 0.6 is 0 Å². The molecule has 6 heteroatoms. The molecule has 14 heavy (non-hydrogen) atoms. The topological polar surface area (TPSA) is 66.1 Å². The van der Waals surface area contributed by atoms with E-state index in [-0.39, 0.29) is 11.4 Å². The monoisotopic (exact) mass is 200 g/mol. The Hall–Kier alpha value is -1.90. The molecule has 1 aromatic heterocycles. The molecule has 0 aliphatic heterocycles. The van der Waals surface area contributed by atoms with Crippen molar-refractivity contribution in [2.75, 3.05) is 7.11 Å². The van der Waals surface area contributed by atoms with E-state index in [1.54, 1.807) is 6.07 Å². The summed E-state index contributed by atoms with van der Waals surface area (Å²) < 4.78 is 29.1. The lowest BCUT2D eigenvalue weighted by Gasteiger charge is -2.06. The number of aromatic hydroxyl groups is 1. The quantitative estimate of drug-likeness (QED) is 0.787. The number of hydrogen-bond donors (Lipinski definition) is 1. The van der Waals surface area contributed by atoms with Crippen LogP contribution in [0.2, 0.25) is 0 Å². The van der Waals surface area contributed by atoms with Gasteiger partial charge in [0.25, 0.3) is 6.43 Å². The first-order valence-electron chi connectivity index (χ1n) is 3.56. The predicted molar refractivity (Wildman–Crippen MR) is 42.1 cm³/mol. The normalized spacial score (nSPS) is 9.93. The van der Waals surface area contributed by atoms with Crippen LogP contribution in [-0.4, -0.2) is 17.2 Å². The van der Waals surface area contributed by atoms with Gasteiger partial charge in [0.2, 0.25) is 5.88 Å². The average molecular weight is 200 g/mol. The summed E-state index contributed by atoms with van der Waals surface area (Å²) in [6.45, 7) is 0. The molecule has 0 aromatic carbocycles. The van der Waals surface area contributed by atoms with Crippen molar-refractivity contribution in [1.29, 1.82) is 5.26 Å². The van der Waals surface area contributed by atoms with Gasteiger partial charge in [0.1, 0.15) is 11.6 Å². The van der Waals surface area contributed by atoms with Gasteiger partial charge in [-0.15, -0.1) is 0 Å². The first-order chi connectivity index (χ1) is 6.60. The van der Waals surface area contributed by atoms with E-state index < -0.39 is 17.9 Å². The van der Waals surface area contributed by atoms with E-state index in [1.807, 2.05) is 0 Å². The van der Waals surface area contributed by atoms with Crippen LogP contribution in [0.1, 0.15) is 17.7 Å². The lowest BCUT2D eigenvalue weighted by Crippen LogP contribution is -1.97. The Labute approximate surface area is 78.4 Å². The Balaban J connectivity index is 3.36. The number of nitrogens with zero attached hydrogens (tertiary/aromatic N) is 2. The minimum atomic E-state index is -2.95. The summed E-state index contributed by atoms with van der Waals surface area (Å²) in [4.78, 5) is 3.33. The molecule has 0 radical (unpaired) electrons. The summed E-state index contributed by atoms with van der Waals surface area (Å²) in [6.07, 6.45) is -2.95. The van der Waals surface area contributed by atoms with E-state index in [0.717, 1.165) is 6.07 Å². The molecule has 0 saturated heterocycles. The fourth-order valence-electron chi connectivity index (χ4n) is 0.876. The third-order valence-corrected chi connectivity index (χ3v) is 1.53. The highest BCUT2D eigenvalue weighted by molar-refractivity contribution is 5.47. The lowest BCUT2D eigenvalue weighted by molar-refractivity contribution is 0.140. The van der Waals surface area contributed by atoms with E-state index in [2.05, 4.69) is 9.72 Å². The number of pyridine rings is 1. The van der Waals surface area contributed by atoms with Crippen LogP contribution in [0.4, 0.5) is 8.78 Å². The number of rotatable bonds is 2. The van der Waals surface area contributed by atoms with Crippen molar-refractivity contribution in [3.63, 3.8) is 0 Å². The van der Waals surface area contributed by atoms with E-state index in [4.69, 9.17) is 10.4 Å². The molecule has 1 heterocycles. The first-order valence-corrected chi connectivity index (χ1v) is 3.56. The minimum Gasteiger partial charge on any atom is -0.505 e. The molecule has 0 unspecified atom stereocenters. The molecule has 0 bridgehead atoms. The van der Waals surface area contributed by atoms with Gasteiger partial charge in [0, 0.05) is 6.07 Å². The molecule has 0 amide bonds. The van der Waals surface area contributed by atoms with Crippen LogP contribution in [0, 0.1) is 11.3 Å². The number of halogens is 2. The van der Waals surface area contributed by atoms with Gasteiger partial charge in [-0.2, -0.15) is 5.26 Å². The molecular formula is C8H6F2N2O2. The van der Waals surface area contributed by atoms with Crippen molar-refractivity contribution < 1.29 is 18.6 Å². The number of ether oxygens (including phenoxy) is 1. The Bertz CT molecular complexity index is 388. The SMILES string of the molecule is COc1cc(C#N)c(O)c(C(F)F)n1. The van der Waals surface area contributed by atoms with Gasteiger partial charge >= 0.3 is 0 Å². The number of alkyl halides is 2. The first kappa shape index (κ1) is 10.2. The second kappa shape index (κ2) is 3.87. The van der Waals surface area contributed by atoms with E-state index in [9.17, 15) is 8.78 Å². The second-order valence-corrected chi connectivity index (χ2v) is 2.36. The third-order valence-electron chi connectivity index (χ3n) is 1.53. The van der Waals surface area contributed by atoms with Gasteiger partial charge in [-0.1, -0.05) is 0 Å². The molecule has 1 N–H and O–H groups in total. The molecule has 74 valence electrons. The highest BCUT2D eigenvalue weighted by Crippen LogP contribution is 2.31. The highest BCUT2D eigenvalue weighted by atomic mass is 19.3. The Kier molecular flexibility index (Phi) is 2.82. The largest absolute Gasteiger partial charge is 0.505 e. The van der Waals surface area contributed by atoms with Crippen LogP contribution in [0.5, 0.6) is 11.6 Å². The standard InChI is InChI=1S/C8H6F2N2O2/c1-14-5-2-4(3-11)7(13)6(12-5)8(9)10/h2,8,13H,1H3. The summed E-state index contributed by atoms with van der Waals surface area (Å²) in [7, 11) is 1.23. The third kappa shape index (κ3) is 1.71. The smallest absolute Gasteiger partial charge is 0.284 e. The van der Waals surface area contributed by atoms with Gasteiger partial charge < -0.3 is 9.84 Å². The van der Waals surface area contributed by atoms with Crippen LogP contribution < -0.4 is 4.74 Å². The molecule has 1 aromatic rings.